The van der Waals surface area contributed by atoms with Crippen molar-refractivity contribution in [1.29, 1.82) is 0 Å². The molecule has 2 aromatic heterocycles. The van der Waals surface area contributed by atoms with Gasteiger partial charge in [0.05, 0.1) is 9.71 Å². The third kappa shape index (κ3) is 1.96. The Morgan fingerprint density at radius 3 is 2.31 bits per heavy atom. The number of pyridine rings is 1. The van der Waals surface area contributed by atoms with Crippen molar-refractivity contribution in [3.8, 4) is 0 Å². The Morgan fingerprint density at radius 1 is 1.06 bits per heavy atom. The van der Waals surface area contributed by atoms with Crippen molar-refractivity contribution >= 4 is 21.7 Å². The van der Waals surface area contributed by atoms with Crippen LogP contribution in [0.5, 0.6) is 0 Å². The van der Waals surface area contributed by atoms with Crippen molar-refractivity contribution in [2.75, 3.05) is 0 Å². The third-order valence-corrected chi connectivity index (χ3v) is 4.04. The first-order chi connectivity index (χ1) is 7.49. The van der Waals surface area contributed by atoms with Crippen molar-refractivity contribution < 1.29 is 0 Å². The van der Waals surface area contributed by atoms with Crippen molar-refractivity contribution in [2.24, 2.45) is 0 Å². The van der Waals surface area contributed by atoms with E-state index in [2.05, 4.69) is 50.7 Å². The van der Waals surface area contributed by atoms with Gasteiger partial charge in [0.15, 0.2) is 5.65 Å². The first-order valence-electron chi connectivity index (χ1n) is 5.77. The fraction of sp³-hybridized carbons (Fsp3) is 0.538. The molecule has 0 atom stereocenters. The lowest BCUT2D eigenvalue weighted by Gasteiger charge is -2.07. The number of aryl methyl sites for hydroxylation is 1. The molecular weight excluding hydrogens is 216 g/mol. The summed E-state index contributed by atoms with van der Waals surface area (Å²) in [5.41, 5.74) is 3.37. The van der Waals surface area contributed by atoms with Gasteiger partial charge in [0.1, 0.15) is 0 Å². The highest BCUT2D eigenvalue weighted by atomic mass is 32.1. The monoisotopic (exact) mass is 234 g/mol. The van der Waals surface area contributed by atoms with Crippen LogP contribution in [0.3, 0.4) is 0 Å². The summed E-state index contributed by atoms with van der Waals surface area (Å²) in [6.07, 6.45) is 0. The van der Waals surface area contributed by atoms with Crippen molar-refractivity contribution in [2.45, 2.75) is 46.5 Å². The van der Waals surface area contributed by atoms with Gasteiger partial charge in [-0.1, -0.05) is 27.7 Å². The van der Waals surface area contributed by atoms with Crippen molar-refractivity contribution in [1.82, 2.24) is 9.97 Å². The molecular formula is C13H18N2S. The summed E-state index contributed by atoms with van der Waals surface area (Å²) < 4.78 is 1.22. The molecule has 0 aliphatic heterocycles. The number of thiazole rings is 1. The van der Waals surface area contributed by atoms with Crippen LogP contribution < -0.4 is 0 Å². The summed E-state index contributed by atoms with van der Waals surface area (Å²) in [5.74, 6) is 1.02. The van der Waals surface area contributed by atoms with E-state index in [0.717, 1.165) is 11.3 Å². The maximum absolute atomic E-state index is 4.60. The average molecular weight is 234 g/mol. The summed E-state index contributed by atoms with van der Waals surface area (Å²) >= 11 is 1.77. The highest BCUT2D eigenvalue weighted by Gasteiger charge is 2.12. The fourth-order valence-corrected chi connectivity index (χ4v) is 2.78. The Balaban J connectivity index is 2.61. The quantitative estimate of drug-likeness (QED) is 0.776. The van der Waals surface area contributed by atoms with E-state index in [-0.39, 0.29) is 0 Å². The molecule has 3 heteroatoms. The Hall–Kier alpha value is -0.960. The second-order valence-electron chi connectivity index (χ2n) is 4.85. The van der Waals surface area contributed by atoms with Crippen LogP contribution in [0.1, 0.15) is 55.8 Å². The standard InChI is InChI=1S/C13H18N2S/c1-7(2)10-6-11-12(14-9(10)5)15-13(16-11)8(3)4/h6-8H,1-5H3. The van der Waals surface area contributed by atoms with Gasteiger partial charge in [0.25, 0.3) is 0 Å². The summed E-state index contributed by atoms with van der Waals surface area (Å²) in [6.45, 7) is 10.8. The van der Waals surface area contributed by atoms with Crippen LogP contribution in [-0.2, 0) is 0 Å². The molecule has 0 fully saturated rings. The Morgan fingerprint density at radius 2 is 1.75 bits per heavy atom. The van der Waals surface area contributed by atoms with E-state index < -0.39 is 0 Å². The molecule has 2 rings (SSSR count). The van der Waals surface area contributed by atoms with Gasteiger partial charge in [-0.3, -0.25) is 0 Å². The van der Waals surface area contributed by atoms with Gasteiger partial charge >= 0.3 is 0 Å². The molecule has 16 heavy (non-hydrogen) atoms. The molecule has 0 aliphatic rings. The smallest absolute Gasteiger partial charge is 0.170 e. The maximum atomic E-state index is 4.60. The molecule has 0 saturated carbocycles. The minimum atomic E-state index is 0.488. The van der Waals surface area contributed by atoms with Gasteiger partial charge in [0.2, 0.25) is 0 Å². The van der Waals surface area contributed by atoms with Crippen LogP contribution in [0, 0.1) is 6.92 Å². The molecule has 2 nitrogen and oxygen atoms in total. The van der Waals surface area contributed by atoms with E-state index in [1.54, 1.807) is 11.3 Å². The number of hydrogen-bond acceptors (Lipinski definition) is 3. The van der Waals surface area contributed by atoms with E-state index in [9.17, 15) is 0 Å². The van der Waals surface area contributed by atoms with Gasteiger partial charge in [-0.25, -0.2) is 9.97 Å². The molecule has 0 amide bonds. The molecule has 2 aromatic rings. The number of nitrogens with zero attached hydrogens (tertiary/aromatic N) is 2. The molecule has 0 spiro atoms. The molecule has 0 saturated heterocycles. The largest absolute Gasteiger partial charge is 0.232 e. The summed E-state index contributed by atoms with van der Waals surface area (Å²) in [4.78, 5) is 9.18. The molecule has 0 bridgehead atoms. The third-order valence-electron chi connectivity index (χ3n) is 2.74. The predicted octanol–water partition coefficient (Wildman–Crippen LogP) is 4.25. The van der Waals surface area contributed by atoms with Crippen LogP contribution in [-0.4, -0.2) is 9.97 Å². The van der Waals surface area contributed by atoms with E-state index in [0.29, 0.717) is 11.8 Å². The number of hydrogen-bond donors (Lipinski definition) is 0. The normalized spacial score (nSPS) is 11.9. The van der Waals surface area contributed by atoms with Crippen LogP contribution >= 0.6 is 11.3 Å². The van der Waals surface area contributed by atoms with Gasteiger partial charge in [-0.05, 0) is 24.5 Å². The lowest BCUT2D eigenvalue weighted by atomic mass is 10.0. The number of fused-ring (bicyclic) bond motifs is 1. The lowest BCUT2D eigenvalue weighted by molar-refractivity contribution is 0.843. The van der Waals surface area contributed by atoms with E-state index in [1.165, 1.54) is 15.3 Å². The topological polar surface area (TPSA) is 25.8 Å². The lowest BCUT2D eigenvalue weighted by Crippen LogP contribution is -1.95. The van der Waals surface area contributed by atoms with Gasteiger partial charge in [0, 0.05) is 11.6 Å². The van der Waals surface area contributed by atoms with Gasteiger partial charge < -0.3 is 0 Å². The molecule has 0 aromatic carbocycles. The number of aromatic nitrogens is 2. The van der Waals surface area contributed by atoms with E-state index in [1.807, 2.05) is 0 Å². The molecule has 0 N–H and O–H groups in total. The molecule has 0 aliphatic carbocycles. The molecule has 86 valence electrons. The predicted molar refractivity (Wildman–Crippen MR) is 70.3 cm³/mol. The summed E-state index contributed by atoms with van der Waals surface area (Å²) in [6, 6.07) is 2.26. The number of rotatable bonds is 2. The first kappa shape index (κ1) is 11.5. The van der Waals surface area contributed by atoms with E-state index in [4.69, 9.17) is 0 Å². The van der Waals surface area contributed by atoms with Crippen LogP contribution in [0.15, 0.2) is 6.07 Å². The Labute approximate surface area is 101 Å². The van der Waals surface area contributed by atoms with Crippen molar-refractivity contribution in [3.63, 3.8) is 0 Å². The highest BCUT2D eigenvalue weighted by molar-refractivity contribution is 7.18. The minimum absolute atomic E-state index is 0.488. The molecule has 2 heterocycles. The van der Waals surface area contributed by atoms with Gasteiger partial charge in [-0.2, -0.15) is 0 Å². The van der Waals surface area contributed by atoms with Crippen LogP contribution in [0.25, 0.3) is 10.3 Å². The van der Waals surface area contributed by atoms with E-state index >= 15 is 0 Å². The molecule has 0 radical (unpaired) electrons. The second kappa shape index (κ2) is 4.13. The van der Waals surface area contributed by atoms with Crippen LogP contribution in [0.4, 0.5) is 0 Å². The summed E-state index contributed by atoms with van der Waals surface area (Å²) in [7, 11) is 0. The second-order valence-corrected chi connectivity index (χ2v) is 5.91. The minimum Gasteiger partial charge on any atom is -0.232 e. The zero-order valence-electron chi connectivity index (χ0n) is 10.5. The van der Waals surface area contributed by atoms with Crippen LogP contribution in [0.2, 0.25) is 0 Å². The zero-order valence-corrected chi connectivity index (χ0v) is 11.4. The Bertz CT molecular complexity index is 512. The first-order valence-corrected chi connectivity index (χ1v) is 6.58. The highest BCUT2D eigenvalue weighted by Crippen LogP contribution is 2.29. The zero-order chi connectivity index (χ0) is 11.9. The molecule has 0 unspecified atom stereocenters. The SMILES string of the molecule is Cc1nc2nc(C(C)C)sc2cc1C(C)C. The average Bonchev–Trinajstić information content (AvgIpc) is 2.58. The summed E-state index contributed by atoms with van der Waals surface area (Å²) in [5, 5.41) is 1.18. The van der Waals surface area contributed by atoms with Gasteiger partial charge in [-0.15, -0.1) is 11.3 Å². The van der Waals surface area contributed by atoms with Crippen molar-refractivity contribution in [3.05, 3.63) is 22.3 Å². The Kier molecular flexibility index (Phi) is 2.98. The maximum Gasteiger partial charge on any atom is 0.170 e. The fourth-order valence-electron chi connectivity index (χ4n) is 1.82.